The molecule has 0 bridgehead atoms. The second kappa shape index (κ2) is 5.42. The van der Waals surface area contributed by atoms with Crippen molar-refractivity contribution < 1.29 is 4.92 Å². The minimum Gasteiger partial charge on any atom is -0.369 e. The molecule has 1 unspecified atom stereocenters. The van der Waals surface area contributed by atoms with E-state index < -0.39 is 4.92 Å². The smallest absolute Gasteiger partial charge is 0.288 e. The molecule has 7 heteroatoms. The molecule has 2 rings (SSSR count). The highest BCUT2D eigenvalue weighted by atomic mass is 79.9. The summed E-state index contributed by atoms with van der Waals surface area (Å²) in [6.45, 7) is 2.90. The second-order valence-corrected chi connectivity index (χ2v) is 4.88. The Kier molecular flexibility index (Phi) is 3.90. The van der Waals surface area contributed by atoms with Gasteiger partial charge in [0.15, 0.2) is 0 Å². The quantitative estimate of drug-likeness (QED) is 0.654. The Morgan fingerprint density at radius 1 is 1.71 bits per heavy atom. The van der Waals surface area contributed by atoms with Crippen LogP contribution >= 0.6 is 15.9 Å². The van der Waals surface area contributed by atoms with E-state index in [1.807, 2.05) is 0 Å². The van der Waals surface area contributed by atoms with Crippen LogP contribution in [0.1, 0.15) is 6.42 Å². The van der Waals surface area contributed by atoms with Crippen LogP contribution < -0.4 is 10.6 Å². The van der Waals surface area contributed by atoms with Crippen molar-refractivity contribution >= 4 is 27.4 Å². The van der Waals surface area contributed by atoms with Crippen molar-refractivity contribution in [3.63, 3.8) is 0 Å². The summed E-state index contributed by atoms with van der Waals surface area (Å²) < 4.78 is 0.623. The maximum Gasteiger partial charge on any atom is 0.288 e. The molecule has 0 spiro atoms. The summed E-state index contributed by atoms with van der Waals surface area (Å²) >= 11 is 3.28. The van der Waals surface area contributed by atoms with Crippen LogP contribution in [0.15, 0.2) is 16.7 Å². The minimum absolute atomic E-state index is 0.00930. The van der Waals surface area contributed by atoms with Gasteiger partial charge in [-0.15, -0.1) is 0 Å². The van der Waals surface area contributed by atoms with E-state index in [0.29, 0.717) is 16.2 Å². The van der Waals surface area contributed by atoms with Gasteiger partial charge in [0, 0.05) is 12.6 Å². The van der Waals surface area contributed by atoms with Crippen molar-refractivity contribution in [2.45, 2.75) is 6.42 Å². The first-order valence-corrected chi connectivity index (χ1v) is 6.20. The van der Waals surface area contributed by atoms with E-state index in [4.69, 9.17) is 0 Å². The number of hydrogen-bond donors (Lipinski definition) is 2. The minimum atomic E-state index is -0.456. The molecule has 6 nitrogen and oxygen atoms in total. The number of aromatic nitrogens is 1. The van der Waals surface area contributed by atoms with Gasteiger partial charge in [-0.2, -0.15) is 0 Å². The summed E-state index contributed by atoms with van der Waals surface area (Å²) in [5.41, 5.74) is -0.00930. The van der Waals surface area contributed by atoms with E-state index in [1.54, 1.807) is 0 Å². The molecule has 1 saturated heterocycles. The molecule has 1 aliphatic heterocycles. The second-order valence-electron chi connectivity index (χ2n) is 4.02. The summed E-state index contributed by atoms with van der Waals surface area (Å²) in [5.74, 6) is 1.25. The number of anilines is 1. The molecule has 0 amide bonds. The fourth-order valence-electron chi connectivity index (χ4n) is 1.79. The summed E-state index contributed by atoms with van der Waals surface area (Å²) in [6.07, 6.45) is 2.41. The van der Waals surface area contributed by atoms with Gasteiger partial charge in [-0.1, -0.05) is 0 Å². The maximum absolute atomic E-state index is 10.5. The Morgan fingerprint density at radius 2 is 2.53 bits per heavy atom. The molecule has 92 valence electrons. The number of rotatable bonds is 4. The predicted octanol–water partition coefficient (Wildman–Crippen LogP) is 1.77. The highest BCUT2D eigenvalue weighted by molar-refractivity contribution is 9.10. The maximum atomic E-state index is 10.5. The molecule has 2 heterocycles. The van der Waals surface area contributed by atoms with Gasteiger partial charge >= 0.3 is 0 Å². The number of nitrogens with one attached hydrogen (secondary N) is 2. The van der Waals surface area contributed by atoms with E-state index in [-0.39, 0.29) is 5.69 Å². The van der Waals surface area contributed by atoms with Crippen molar-refractivity contribution in [2.75, 3.05) is 25.0 Å². The van der Waals surface area contributed by atoms with Crippen molar-refractivity contribution in [3.8, 4) is 0 Å². The van der Waals surface area contributed by atoms with Gasteiger partial charge in [-0.3, -0.25) is 10.1 Å². The van der Waals surface area contributed by atoms with E-state index >= 15 is 0 Å². The lowest BCUT2D eigenvalue weighted by Gasteiger charge is -2.11. The van der Waals surface area contributed by atoms with Gasteiger partial charge in [0.05, 0.1) is 9.40 Å². The zero-order valence-corrected chi connectivity index (χ0v) is 10.7. The average molecular weight is 301 g/mol. The van der Waals surface area contributed by atoms with Crippen LogP contribution in [0, 0.1) is 16.0 Å². The molecule has 1 aliphatic rings. The van der Waals surface area contributed by atoms with Crippen molar-refractivity contribution in [3.05, 3.63) is 26.9 Å². The van der Waals surface area contributed by atoms with Gasteiger partial charge in [-0.25, -0.2) is 4.98 Å². The number of nitro groups is 1. The molecular formula is C10H13BrN4O2. The third-order valence-corrected chi connectivity index (χ3v) is 3.36. The Morgan fingerprint density at radius 3 is 3.12 bits per heavy atom. The summed E-state index contributed by atoms with van der Waals surface area (Å²) in [7, 11) is 0. The van der Waals surface area contributed by atoms with Gasteiger partial charge in [-0.05, 0) is 41.4 Å². The molecular weight excluding hydrogens is 288 g/mol. The van der Waals surface area contributed by atoms with Crippen LogP contribution in [0.2, 0.25) is 0 Å². The van der Waals surface area contributed by atoms with Crippen LogP contribution in [0.3, 0.4) is 0 Å². The first-order chi connectivity index (χ1) is 8.16. The summed E-state index contributed by atoms with van der Waals surface area (Å²) in [6, 6.07) is 1.46. The topological polar surface area (TPSA) is 80.1 Å². The molecule has 0 saturated carbocycles. The van der Waals surface area contributed by atoms with Crippen LogP contribution in [-0.4, -0.2) is 29.5 Å². The normalized spacial score (nSPS) is 19.2. The SMILES string of the molecule is O=[N+]([O-])c1cnc(NCC2CCNC2)c(Br)c1. The Labute approximate surface area is 107 Å². The van der Waals surface area contributed by atoms with Gasteiger partial charge in [0.25, 0.3) is 5.69 Å². The van der Waals surface area contributed by atoms with E-state index in [1.165, 1.54) is 12.3 Å². The van der Waals surface area contributed by atoms with Crippen LogP contribution in [0.5, 0.6) is 0 Å². The third kappa shape index (κ3) is 3.13. The highest BCUT2D eigenvalue weighted by Crippen LogP contribution is 2.24. The first-order valence-electron chi connectivity index (χ1n) is 5.41. The number of pyridine rings is 1. The standard InChI is InChI=1S/C10H13BrN4O2/c11-9-3-8(15(16)17)6-14-10(9)13-5-7-1-2-12-4-7/h3,6-7,12H,1-2,4-5H2,(H,13,14). The van der Waals surface area contributed by atoms with Crippen LogP contribution in [-0.2, 0) is 0 Å². The Balaban J connectivity index is 1.98. The molecule has 0 aromatic carbocycles. The number of nitrogens with zero attached hydrogens (tertiary/aromatic N) is 2. The molecule has 2 N–H and O–H groups in total. The lowest BCUT2D eigenvalue weighted by molar-refractivity contribution is -0.385. The molecule has 1 aromatic rings. The summed E-state index contributed by atoms with van der Waals surface area (Å²) in [4.78, 5) is 14.1. The molecule has 0 radical (unpaired) electrons. The monoisotopic (exact) mass is 300 g/mol. The molecule has 1 fully saturated rings. The third-order valence-electron chi connectivity index (χ3n) is 2.76. The Bertz CT molecular complexity index is 421. The molecule has 0 aliphatic carbocycles. The average Bonchev–Trinajstić information content (AvgIpc) is 2.80. The molecule has 1 atom stereocenters. The largest absolute Gasteiger partial charge is 0.369 e. The zero-order valence-electron chi connectivity index (χ0n) is 9.15. The summed E-state index contributed by atoms with van der Waals surface area (Å²) in [5, 5.41) is 17.0. The van der Waals surface area contributed by atoms with Gasteiger partial charge in [0.2, 0.25) is 0 Å². The molecule has 1 aromatic heterocycles. The van der Waals surface area contributed by atoms with Crippen molar-refractivity contribution in [1.82, 2.24) is 10.3 Å². The predicted molar refractivity (Wildman–Crippen MR) is 68.1 cm³/mol. The molecule has 17 heavy (non-hydrogen) atoms. The van der Waals surface area contributed by atoms with E-state index in [9.17, 15) is 10.1 Å². The zero-order chi connectivity index (χ0) is 12.3. The fourth-order valence-corrected chi connectivity index (χ4v) is 2.26. The van der Waals surface area contributed by atoms with Crippen LogP contribution in [0.25, 0.3) is 0 Å². The van der Waals surface area contributed by atoms with Crippen LogP contribution in [0.4, 0.5) is 11.5 Å². The van der Waals surface area contributed by atoms with Gasteiger partial charge in [0.1, 0.15) is 12.0 Å². The van der Waals surface area contributed by atoms with E-state index in [2.05, 4.69) is 31.5 Å². The highest BCUT2D eigenvalue weighted by Gasteiger charge is 2.15. The number of halogens is 1. The first kappa shape index (κ1) is 12.3. The van der Waals surface area contributed by atoms with Crippen molar-refractivity contribution in [2.24, 2.45) is 5.92 Å². The van der Waals surface area contributed by atoms with Crippen molar-refractivity contribution in [1.29, 1.82) is 0 Å². The number of hydrogen-bond acceptors (Lipinski definition) is 5. The fraction of sp³-hybridized carbons (Fsp3) is 0.500. The lowest BCUT2D eigenvalue weighted by atomic mass is 10.1. The Hall–Kier alpha value is -1.21. The van der Waals surface area contributed by atoms with E-state index in [0.717, 1.165) is 26.1 Å². The lowest BCUT2D eigenvalue weighted by Crippen LogP contribution is -2.17. The van der Waals surface area contributed by atoms with Gasteiger partial charge < -0.3 is 10.6 Å².